The number of imidazole rings is 1. The highest BCUT2D eigenvalue weighted by atomic mass is 35.5. The van der Waals surface area contributed by atoms with Gasteiger partial charge in [0.25, 0.3) is 5.91 Å². The second kappa shape index (κ2) is 10.3. The summed E-state index contributed by atoms with van der Waals surface area (Å²) in [5.41, 5.74) is 8.84. The minimum atomic E-state index is -0.131. The fourth-order valence-electron chi connectivity index (χ4n) is 5.10. The number of hydrogen-bond acceptors (Lipinski definition) is 3. The smallest absolute Gasteiger partial charge is 0.270 e. The van der Waals surface area contributed by atoms with E-state index in [4.69, 9.17) is 11.6 Å². The van der Waals surface area contributed by atoms with Crippen molar-refractivity contribution < 1.29 is 4.79 Å². The van der Waals surface area contributed by atoms with Gasteiger partial charge in [0.15, 0.2) is 0 Å². The van der Waals surface area contributed by atoms with E-state index in [0.717, 1.165) is 43.0 Å². The first-order valence-corrected chi connectivity index (χ1v) is 13.5. The molecule has 2 aromatic carbocycles. The van der Waals surface area contributed by atoms with E-state index in [1.807, 2.05) is 13.0 Å². The van der Waals surface area contributed by atoms with E-state index < -0.39 is 0 Å². The number of nitrogens with zero attached hydrogens (tertiary/aromatic N) is 3. The average molecular weight is 515 g/mol. The Morgan fingerprint density at radius 3 is 2.51 bits per heavy atom. The lowest BCUT2D eigenvalue weighted by atomic mass is 9.86. The topological polar surface area (TPSA) is 49.6 Å². The molecule has 1 aliphatic rings. The van der Waals surface area contributed by atoms with Gasteiger partial charge in [0.2, 0.25) is 0 Å². The number of carbonyl (C=O) groups is 1. The van der Waals surface area contributed by atoms with E-state index in [-0.39, 0.29) is 11.3 Å². The number of amides is 1. The summed E-state index contributed by atoms with van der Waals surface area (Å²) in [6, 6.07) is 19.3. The van der Waals surface area contributed by atoms with E-state index in [2.05, 4.69) is 78.4 Å². The Labute approximate surface area is 224 Å². The van der Waals surface area contributed by atoms with Gasteiger partial charge in [0.1, 0.15) is 11.3 Å². The highest BCUT2D eigenvalue weighted by molar-refractivity contribution is 6.30. The van der Waals surface area contributed by atoms with Crippen LogP contribution in [0.5, 0.6) is 0 Å². The van der Waals surface area contributed by atoms with Crippen molar-refractivity contribution in [3.63, 3.8) is 0 Å². The van der Waals surface area contributed by atoms with Crippen LogP contribution in [0.15, 0.2) is 60.8 Å². The Balaban J connectivity index is 1.23. The largest absolute Gasteiger partial charge is 0.347 e. The van der Waals surface area contributed by atoms with Crippen molar-refractivity contribution in [3.05, 3.63) is 105 Å². The van der Waals surface area contributed by atoms with Crippen LogP contribution in [-0.2, 0) is 37.9 Å². The Morgan fingerprint density at radius 2 is 1.78 bits per heavy atom. The van der Waals surface area contributed by atoms with Crippen LogP contribution in [0.1, 0.15) is 71.7 Å². The van der Waals surface area contributed by atoms with Crippen molar-refractivity contribution >= 4 is 23.2 Å². The zero-order valence-electron chi connectivity index (χ0n) is 22.1. The normalized spacial score (nSPS) is 14.1. The van der Waals surface area contributed by atoms with Gasteiger partial charge in [0, 0.05) is 32.4 Å². The molecule has 4 aromatic rings. The van der Waals surface area contributed by atoms with Gasteiger partial charge in [-0.25, -0.2) is 4.98 Å². The molecule has 6 heteroatoms. The standard InChI is InChI=1S/C31H35ClN4O/c1-5-27-29(36-20-26(32)12-13-28(36)34-27)30(37)33-17-22-6-9-24-19-35(15-14-23(24)16-22)18-21-7-10-25(11-8-21)31(2,3)4/h6-13,16,20H,5,14-15,17-19H2,1-4H3,(H,33,37). The number of aryl methyl sites for hydroxylation is 1. The molecule has 0 atom stereocenters. The summed E-state index contributed by atoms with van der Waals surface area (Å²) < 4.78 is 1.79. The highest BCUT2D eigenvalue weighted by Crippen LogP contribution is 2.25. The minimum absolute atomic E-state index is 0.131. The Bertz CT molecular complexity index is 1430. The number of halogens is 1. The molecule has 0 spiro atoms. The molecule has 3 heterocycles. The summed E-state index contributed by atoms with van der Waals surface area (Å²) in [5.74, 6) is -0.131. The fraction of sp³-hybridized carbons (Fsp3) is 0.355. The Hall–Kier alpha value is -3.15. The van der Waals surface area contributed by atoms with Crippen molar-refractivity contribution in [1.82, 2.24) is 19.6 Å². The highest BCUT2D eigenvalue weighted by Gasteiger charge is 2.20. The number of carbonyl (C=O) groups excluding carboxylic acids is 1. The second-order valence-corrected chi connectivity index (χ2v) is 11.5. The number of nitrogens with one attached hydrogen (secondary N) is 1. The zero-order valence-corrected chi connectivity index (χ0v) is 22.9. The molecule has 1 amide bonds. The van der Waals surface area contributed by atoms with Crippen molar-refractivity contribution in [2.75, 3.05) is 6.54 Å². The van der Waals surface area contributed by atoms with Gasteiger partial charge in [-0.2, -0.15) is 0 Å². The minimum Gasteiger partial charge on any atom is -0.347 e. The Morgan fingerprint density at radius 1 is 1.03 bits per heavy atom. The molecular weight excluding hydrogens is 480 g/mol. The lowest BCUT2D eigenvalue weighted by Gasteiger charge is -2.29. The van der Waals surface area contributed by atoms with E-state index >= 15 is 0 Å². The van der Waals surface area contributed by atoms with Gasteiger partial charge in [-0.1, -0.05) is 81.8 Å². The third-order valence-corrected chi connectivity index (χ3v) is 7.47. The summed E-state index contributed by atoms with van der Waals surface area (Å²) in [6.45, 7) is 12.2. The average Bonchev–Trinajstić information content (AvgIpc) is 3.25. The van der Waals surface area contributed by atoms with Crippen LogP contribution in [-0.4, -0.2) is 26.7 Å². The van der Waals surface area contributed by atoms with Crippen molar-refractivity contribution in [2.45, 2.75) is 65.6 Å². The zero-order chi connectivity index (χ0) is 26.2. The molecule has 1 aliphatic heterocycles. The number of pyridine rings is 1. The molecule has 0 bridgehead atoms. The van der Waals surface area contributed by atoms with Crippen LogP contribution in [0.25, 0.3) is 5.65 Å². The lowest BCUT2D eigenvalue weighted by molar-refractivity contribution is 0.0944. The van der Waals surface area contributed by atoms with Crippen molar-refractivity contribution in [3.8, 4) is 0 Å². The van der Waals surface area contributed by atoms with E-state index in [9.17, 15) is 4.79 Å². The van der Waals surface area contributed by atoms with Gasteiger partial charge in [-0.3, -0.25) is 14.1 Å². The molecule has 0 saturated carbocycles. The first-order valence-electron chi connectivity index (χ1n) is 13.1. The van der Waals surface area contributed by atoms with Crippen LogP contribution in [0.4, 0.5) is 0 Å². The number of fused-ring (bicyclic) bond motifs is 2. The molecule has 0 fully saturated rings. The molecule has 2 aromatic heterocycles. The third-order valence-electron chi connectivity index (χ3n) is 7.25. The quantitative estimate of drug-likeness (QED) is 0.327. The first kappa shape index (κ1) is 25.5. The fourth-order valence-corrected chi connectivity index (χ4v) is 5.26. The molecule has 0 radical (unpaired) electrons. The summed E-state index contributed by atoms with van der Waals surface area (Å²) in [4.78, 5) is 20.3. The monoisotopic (exact) mass is 514 g/mol. The van der Waals surface area contributed by atoms with Gasteiger partial charge in [-0.15, -0.1) is 0 Å². The number of aromatic nitrogens is 2. The van der Waals surface area contributed by atoms with Gasteiger partial charge in [0.05, 0.1) is 10.7 Å². The Kier molecular flexibility index (Phi) is 7.11. The van der Waals surface area contributed by atoms with E-state index in [0.29, 0.717) is 23.7 Å². The van der Waals surface area contributed by atoms with Crippen LogP contribution in [0.2, 0.25) is 5.02 Å². The number of benzene rings is 2. The molecule has 192 valence electrons. The van der Waals surface area contributed by atoms with Gasteiger partial charge < -0.3 is 5.32 Å². The summed E-state index contributed by atoms with van der Waals surface area (Å²) in [7, 11) is 0. The maximum absolute atomic E-state index is 13.1. The number of hydrogen-bond donors (Lipinski definition) is 1. The predicted octanol–water partition coefficient (Wildman–Crippen LogP) is 6.34. The summed E-state index contributed by atoms with van der Waals surface area (Å²) in [6.07, 6.45) is 3.45. The van der Waals surface area contributed by atoms with Crippen LogP contribution < -0.4 is 5.32 Å². The lowest BCUT2D eigenvalue weighted by Crippen LogP contribution is -2.30. The predicted molar refractivity (Wildman–Crippen MR) is 150 cm³/mol. The van der Waals surface area contributed by atoms with E-state index in [1.54, 1.807) is 16.7 Å². The molecule has 37 heavy (non-hydrogen) atoms. The first-order chi connectivity index (χ1) is 17.7. The molecular formula is C31H35ClN4O. The summed E-state index contributed by atoms with van der Waals surface area (Å²) in [5, 5.41) is 3.67. The van der Waals surface area contributed by atoms with Crippen molar-refractivity contribution in [1.29, 1.82) is 0 Å². The molecule has 0 aliphatic carbocycles. The van der Waals surface area contributed by atoms with Gasteiger partial charge >= 0.3 is 0 Å². The number of rotatable bonds is 6. The maximum atomic E-state index is 13.1. The van der Waals surface area contributed by atoms with Crippen LogP contribution in [0, 0.1) is 0 Å². The SMILES string of the molecule is CCc1nc2ccc(Cl)cn2c1C(=O)NCc1ccc2c(c1)CCN(Cc1ccc(C(C)(C)C)cc1)C2. The molecule has 0 saturated heterocycles. The third kappa shape index (κ3) is 5.58. The molecule has 5 nitrogen and oxygen atoms in total. The summed E-state index contributed by atoms with van der Waals surface area (Å²) >= 11 is 6.18. The van der Waals surface area contributed by atoms with Crippen LogP contribution in [0.3, 0.4) is 0 Å². The molecule has 0 unspecified atom stereocenters. The molecule has 5 rings (SSSR count). The maximum Gasteiger partial charge on any atom is 0.270 e. The van der Waals surface area contributed by atoms with Crippen LogP contribution >= 0.6 is 11.6 Å². The van der Waals surface area contributed by atoms with E-state index in [1.165, 1.54) is 22.3 Å². The molecule has 1 N–H and O–H groups in total. The second-order valence-electron chi connectivity index (χ2n) is 11.0. The van der Waals surface area contributed by atoms with Gasteiger partial charge in [-0.05, 0) is 58.2 Å². The van der Waals surface area contributed by atoms with Crippen molar-refractivity contribution in [2.24, 2.45) is 0 Å².